The number of ether oxygens (including phenoxy) is 1. The summed E-state index contributed by atoms with van der Waals surface area (Å²) in [5, 5.41) is 8.86. The summed E-state index contributed by atoms with van der Waals surface area (Å²) < 4.78 is 35.6. The van der Waals surface area contributed by atoms with Gasteiger partial charge in [-0.2, -0.15) is 4.99 Å². The lowest BCUT2D eigenvalue weighted by Crippen LogP contribution is -2.19. The highest BCUT2D eigenvalue weighted by Gasteiger charge is 2.15. The predicted octanol–water partition coefficient (Wildman–Crippen LogP) is 1.03. The number of hydrogen-bond donors (Lipinski definition) is 1. The first-order chi connectivity index (χ1) is 12.3. The Morgan fingerprint density at radius 3 is 2.81 bits per heavy atom. The van der Waals surface area contributed by atoms with Crippen LogP contribution >= 0.6 is 11.3 Å². The van der Waals surface area contributed by atoms with Gasteiger partial charge in [-0.3, -0.25) is 4.79 Å². The van der Waals surface area contributed by atoms with Gasteiger partial charge in [0.15, 0.2) is 4.80 Å². The van der Waals surface area contributed by atoms with Crippen molar-refractivity contribution in [1.82, 2.24) is 9.72 Å². The smallest absolute Gasteiger partial charge is 0.318 e. The molecule has 0 atom stereocenters. The molecule has 0 unspecified atom stereocenters. The van der Waals surface area contributed by atoms with Crippen molar-refractivity contribution in [2.45, 2.75) is 18.4 Å². The van der Waals surface area contributed by atoms with E-state index in [1.165, 1.54) is 29.5 Å². The number of carbonyl (C=O) groups excluding carboxylic acids is 1. The number of sulfonamides is 1. The highest BCUT2D eigenvalue weighted by molar-refractivity contribution is 7.89. The first-order valence-electron chi connectivity index (χ1n) is 7.47. The molecule has 0 spiro atoms. The third kappa shape index (κ3) is 3.75. The van der Waals surface area contributed by atoms with E-state index in [0.717, 1.165) is 5.52 Å². The SMILES string of the molecule is COCCn1c(=NC(=O)c2cc(C)no2)sc2cc(S(N)(=O)=O)ccc21. The second kappa shape index (κ2) is 7.11. The van der Waals surface area contributed by atoms with E-state index in [4.69, 9.17) is 14.4 Å². The Balaban J connectivity index is 2.16. The van der Waals surface area contributed by atoms with Gasteiger partial charge in [0.05, 0.1) is 27.4 Å². The molecule has 0 saturated carbocycles. The molecule has 1 aromatic carbocycles. The van der Waals surface area contributed by atoms with Gasteiger partial charge in [-0.1, -0.05) is 16.5 Å². The molecule has 9 nitrogen and oxygen atoms in total. The minimum absolute atomic E-state index is 0.00567. The lowest BCUT2D eigenvalue weighted by molar-refractivity contribution is 0.0962. The Hall–Kier alpha value is -2.34. The maximum absolute atomic E-state index is 12.3. The molecule has 2 heterocycles. The molecule has 2 aromatic heterocycles. The fraction of sp³-hybridized carbons (Fsp3) is 0.267. The number of fused-ring (bicyclic) bond motifs is 1. The first-order valence-corrected chi connectivity index (χ1v) is 9.83. The Morgan fingerprint density at radius 2 is 2.19 bits per heavy atom. The van der Waals surface area contributed by atoms with E-state index < -0.39 is 15.9 Å². The number of benzene rings is 1. The third-order valence-corrected chi connectivity index (χ3v) is 5.49. The number of hydrogen-bond acceptors (Lipinski definition) is 7. The Kier molecular flexibility index (Phi) is 5.05. The normalized spacial score (nSPS) is 12.8. The molecule has 0 aliphatic rings. The van der Waals surface area contributed by atoms with Crippen molar-refractivity contribution in [3.8, 4) is 0 Å². The number of aromatic nitrogens is 2. The largest absolute Gasteiger partial charge is 0.383 e. The summed E-state index contributed by atoms with van der Waals surface area (Å²) >= 11 is 1.17. The van der Waals surface area contributed by atoms with Gasteiger partial charge in [-0.05, 0) is 25.1 Å². The molecular formula is C15H16N4O5S2. The molecule has 0 saturated heterocycles. The highest BCUT2D eigenvalue weighted by atomic mass is 32.2. The quantitative estimate of drug-likeness (QED) is 0.686. The topological polar surface area (TPSA) is 130 Å². The number of methoxy groups -OCH3 is 1. The highest BCUT2D eigenvalue weighted by Crippen LogP contribution is 2.21. The molecule has 1 amide bonds. The molecule has 3 aromatic rings. The van der Waals surface area contributed by atoms with Crippen molar-refractivity contribution in [1.29, 1.82) is 0 Å². The number of amides is 1. The molecule has 3 rings (SSSR count). The van der Waals surface area contributed by atoms with Gasteiger partial charge in [-0.25, -0.2) is 13.6 Å². The van der Waals surface area contributed by atoms with E-state index in [9.17, 15) is 13.2 Å². The number of nitrogens with zero attached hydrogens (tertiary/aromatic N) is 3. The number of aryl methyl sites for hydroxylation is 1. The summed E-state index contributed by atoms with van der Waals surface area (Å²) in [5.41, 5.74) is 1.30. The van der Waals surface area contributed by atoms with E-state index in [-0.39, 0.29) is 10.7 Å². The van der Waals surface area contributed by atoms with Crippen molar-refractivity contribution in [3.05, 3.63) is 40.5 Å². The minimum Gasteiger partial charge on any atom is -0.383 e. The second-order valence-electron chi connectivity index (χ2n) is 5.45. The number of carbonyl (C=O) groups is 1. The van der Waals surface area contributed by atoms with Crippen LogP contribution in [-0.4, -0.2) is 37.8 Å². The van der Waals surface area contributed by atoms with Crippen LogP contribution in [0.2, 0.25) is 0 Å². The molecule has 0 aliphatic heterocycles. The zero-order chi connectivity index (χ0) is 18.9. The lowest BCUT2D eigenvalue weighted by Gasteiger charge is -2.04. The molecule has 0 aliphatic carbocycles. The van der Waals surface area contributed by atoms with Gasteiger partial charge in [0.1, 0.15) is 0 Å². The number of rotatable bonds is 5. The zero-order valence-corrected chi connectivity index (χ0v) is 15.6. The van der Waals surface area contributed by atoms with Crippen LogP contribution in [0.3, 0.4) is 0 Å². The van der Waals surface area contributed by atoms with Gasteiger partial charge >= 0.3 is 5.91 Å². The monoisotopic (exact) mass is 396 g/mol. The van der Waals surface area contributed by atoms with Crippen LogP contribution in [0.4, 0.5) is 0 Å². The van der Waals surface area contributed by atoms with Crippen molar-refractivity contribution in [2.75, 3.05) is 13.7 Å². The average molecular weight is 396 g/mol. The van der Waals surface area contributed by atoms with Crippen LogP contribution in [0, 0.1) is 6.92 Å². The van der Waals surface area contributed by atoms with Crippen molar-refractivity contribution in [3.63, 3.8) is 0 Å². The lowest BCUT2D eigenvalue weighted by atomic mass is 10.3. The fourth-order valence-corrected chi connectivity index (χ4v) is 4.03. The van der Waals surface area contributed by atoms with Crippen molar-refractivity contribution >= 4 is 37.5 Å². The molecule has 26 heavy (non-hydrogen) atoms. The van der Waals surface area contributed by atoms with Crippen LogP contribution < -0.4 is 9.94 Å². The summed E-state index contributed by atoms with van der Waals surface area (Å²) in [5.74, 6) is -0.543. The average Bonchev–Trinajstić information content (AvgIpc) is 3.15. The summed E-state index contributed by atoms with van der Waals surface area (Å²) in [4.78, 5) is 16.8. The summed E-state index contributed by atoms with van der Waals surface area (Å²) in [6.45, 7) is 2.53. The number of primary sulfonamides is 1. The van der Waals surface area contributed by atoms with Crippen LogP contribution in [0.5, 0.6) is 0 Å². The maximum Gasteiger partial charge on any atom is 0.318 e. The second-order valence-corrected chi connectivity index (χ2v) is 8.02. The van der Waals surface area contributed by atoms with Crippen LogP contribution in [0.15, 0.2) is 38.7 Å². The molecule has 138 valence electrons. The van der Waals surface area contributed by atoms with Gasteiger partial charge in [0.25, 0.3) is 0 Å². The Labute approximate surface area is 152 Å². The summed E-state index contributed by atoms with van der Waals surface area (Å²) in [6.07, 6.45) is 0. The molecule has 2 N–H and O–H groups in total. The van der Waals surface area contributed by atoms with Gasteiger partial charge in [0, 0.05) is 19.7 Å². The third-order valence-electron chi connectivity index (χ3n) is 3.54. The van der Waals surface area contributed by atoms with Gasteiger partial charge in [-0.15, -0.1) is 0 Å². The summed E-state index contributed by atoms with van der Waals surface area (Å²) in [6, 6.07) is 6.00. The first kappa shape index (κ1) is 18.5. The van der Waals surface area contributed by atoms with Crippen molar-refractivity contribution in [2.24, 2.45) is 10.1 Å². The standard InChI is InChI=1S/C15H16N4O5S2/c1-9-7-12(24-18-9)14(20)17-15-19(5-6-23-2)11-4-3-10(26(16,21)22)8-13(11)25-15/h3-4,7-8H,5-6H2,1-2H3,(H2,16,21,22). The van der Waals surface area contributed by atoms with E-state index in [2.05, 4.69) is 10.1 Å². The molecule has 0 fully saturated rings. The van der Waals surface area contributed by atoms with E-state index in [0.29, 0.717) is 28.3 Å². The Morgan fingerprint density at radius 1 is 1.42 bits per heavy atom. The van der Waals surface area contributed by atoms with E-state index in [1.807, 2.05) is 0 Å². The van der Waals surface area contributed by atoms with Crippen LogP contribution in [0.25, 0.3) is 10.2 Å². The number of thiazole rings is 1. The predicted molar refractivity (Wildman–Crippen MR) is 94.2 cm³/mol. The zero-order valence-electron chi connectivity index (χ0n) is 14.0. The van der Waals surface area contributed by atoms with E-state index >= 15 is 0 Å². The maximum atomic E-state index is 12.3. The molecule has 0 radical (unpaired) electrons. The molecular weight excluding hydrogens is 380 g/mol. The van der Waals surface area contributed by atoms with Gasteiger partial charge in [0.2, 0.25) is 15.8 Å². The van der Waals surface area contributed by atoms with Crippen LogP contribution in [-0.2, 0) is 21.3 Å². The summed E-state index contributed by atoms with van der Waals surface area (Å²) in [7, 11) is -2.26. The molecule has 11 heteroatoms. The van der Waals surface area contributed by atoms with Gasteiger partial charge < -0.3 is 13.8 Å². The van der Waals surface area contributed by atoms with Crippen molar-refractivity contribution < 1.29 is 22.5 Å². The minimum atomic E-state index is -3.83. The number of nitrogens with two attached hydrogens (primary N) is 1. The fourth-order valence-electron chi connectivity index (χ4n) is 2.32. The Bertz CT molecular complexity index is 1140. The van der Waals surface area contributed by atoms with Crippen LogP contribution in [0.1, 0.15) is 16.2 Å². The molecule has 0 bridgehead atoms. The van der Waals surface area contributed by atoms with E-state index in [1.54, 1.807) is 24.7 Å².